The van der Waals surface area contributed by atoms with E-state index >= 15 is 0 Å². The number of nitrogens with zero attached hydrogens (tertiary/aromatic N) is 3. The van der Waals surface area contributed by atoms with Crippen LogP contribution in [0.25, 0.3) is 16.7 Å². The number of hydrogen-bond donors (Lipinski definition) is 2. The molecule has 0 saturated carbocycles. The summed E-state index contributed by atoms with van der Waals surface area (Å²) in [5.74, 6) is 0.494. The van der Waals surface area contributed by atoms with Crippen molar-refractivity contribution in [1.82, 2.24) is 20.3 Å². The molecule has 3 aromatic rings. The quantitative estimate of drug-likeness (QED) is 0.749. The lowest BCUT2D eigenvalue weighted by molar-refractivity contribution is 0.778. The monoisotopic (exact) mass is 279 g/mol. The molecule has 106 valence electrons. The lowest BCUT2D eigenvalue weighted by Gasteiger charge is -2.07. The maximum Gasteiger partial charge on any atom is 0.113 e. The van der Waals surface area contributed by atoms with E-state index in [1.54, 1.807) is 0 Å². The van der Waals surface area contributed by atoms with Crippen molar-refractivity contribution in [3.8, 4) is 5.69 Å². The number of aromatic nitrogens is 3. The van der Waals surface area contributed by atoms with Gasteiger partial charge >= 0.3 is 0 Å². The van der Waals surface area contributed by atoms with Gasteiger partial charge in [0.25, 0.3) is 0 Å². The zero-order chi connectivity index (χ0) is 14.7. The number of para-hydroxylation sites is 1. The first-order valence-electron chi connectivity index (χ1n) is 6.82. The van der Waals surface area contributed by atoms with Gasteiger partial charge in [-0.1, -0.05) is 36.1 Å². The summed E-state index contributed by atoms with van der Waals surface area (Å²) in [6, 6.07) is 16.2. The fourth-order valence-electron chi connectivity index (χ4n) is 2.27. The number of benzene rings is 2. The standard InChI is InChI=1S/C16H17N5/c1-12(17)18-10-9-13-5-4-6-14(11-13)21-16-8-3-2-7-15(16)19-20-21/h2-8,11,18H,1,9-10,17H2. The Morgan fingerprint density at radius 2 is 2.05 bits per heavy atom. The summed E-state index contributed by atoms with van der Waals surface area (Å²) in [4.78, 5) is 0. The molecule has 0 bridgehead atoms. The molecule has 0 aliphatic rings. The van der Waals surface area contributed by atoms with Gasteiger partial charge in [0.15, 0.2) is 0 Å². The maximum atomic E-state index is 5.50. The van der Waals surface area contributed by atoms with E-state index < -0.39 is 0 Å². The zero-order valence-electron chi connectivity index (χ0n) is 11.7. The molecule has 0 radical (unpaired) electrons. The Morgan fingerprint density at radius 1 is 1.19 bits per heavy atom. The Kier molecular flexibility index (Phi) is 3.55. The van der Waals surface area contributed by atoms with Crippen LogP contribution in [0, 0.1) is 0 Å². The van der Waals surface area contributed by atoms with Gasteiger partial charge in [-0.3, -0.25) is 0 Å². The molecule has 0 aliphatic heterocycles. The summed E-state index contributed by atoms with van der Waals surface area (Å²) in [6.45, 7) is 4.38. The minimum Gasteiger partial charge on any atom is -0.386 e. The van der Waals surface area contributed by atoms with E-state index in [4.69, 9.17) is 5.73 Å². The minimum absolute atomic E-state index is 0.494. The van der Waals surface area contributed by atoms with E-state index in [9.17, 15) is 0 Å². The molecule has 0 atom stereocenters. The van der Waals surface area contributed by atoms with E-state index in [1.165, 1.54) is 5.56 Å². The molecule has 0 fully saturated rings. The summed E-state index contributed by atoms with van der Waals surface area (Å²) >= 11 is 0. The Hall–Kier alpha value is -2.82. The molecule has 5 nitrogen and oxygen atoms in total. The molecule has 1 heterocycles. The van der Waals surface area contributed by atoms with Crippen LogP contribution in [0.2, 0.25) is 0 Å². The molecule has 0 spiro atoms. The summed E-state index contributed by atoms with van der Waals surface area (Å²) in [5, 5.41) is 11.4. The van der Waals surface area contributed by atoms with E-state index in [0.717, 1.165) is 29.7 Å². The second-order valence-corrected chi connectivity index (χ2v) is 4.86. The molecule has 0 saturated heterocycles. The Morgan fingerprint density at radius 3 is 2.90 bits per heavy atom. The molecule has 3 N–H and O–H groups in total. The number of hydrogen-bond acceptors (Lipinski definition) is 4. The van der Waals surface area contributed by atoms with Crippen LogP contribution in [0.1, 0.15) is 5.56 Å². The predicted molar refractivity (Wildman–Crippen MR) is 83.9 cm³/mol. The van der Waals surface area contributed by atoms with Crippen LogP contribution in [0.3, 0.4) is 0 Å². The highest BCUT2D eigenvalue weighted by atomic mass is 15.4. The van der Waals surface area contributed by atoms with Crippen LogP contribution < -0.4 is 11.1 Å². The lowest BCUT2D eigenvalue weighted by atomic mass is 10.1. The molecular formula is C16H17N5. The van der Waals surface area contributed by atoms with E-state index in [-0.39, 0.29) is 0 Å². The van der Waals surface area contributed by atoms with Crippen LogP contribution in [-0.2, 0) is 6.42 Å². The molecule has 0 amide bonds. The third-order valence-corrected chi connectivity index (χ3v) is 3.27. The fraction of sp³-hybridized carbons (Fsp3) is 0.125. The Balaban J connectivity index is 1.87. The van der Waals surface area contributed by atoms with Crippen molar-refractivity contribution in [3.05, 3.63) is 66.5 Å². The molecule has 21 heavy (non-hydrogen) atoms. The van der Waals surface area contributed by atoms with E-state index in [1.807, 2.05) is 41.1 Å². The lowest BCUT2D eigenvalue weighted by Crippen LogP contribution is -2.21. The van der Waals surface area contributed by atoms with Crippen LogP contribution in [-0.4, -0.2) is 21.5 Å². The second kappa shape index (κ2) is 5.66. The summed E-state index contributed by atoms with van der Waals surface area (Å²) < 4.78 is 1.86. The first-order valence-corrected chi connectivity index (χ1v) is 6.82. The summed E-state index contributed by atoms with van der Waals surface area (Å²) in [5.41, 5.74) is 9.61. The summed E-state index contributed by atoms with van der Waals surface area (Å²) in [7, 11) is 0. The van der Waals surface area contributed by atoms with Crippen LogP contribution in [0.15, 0.2) is 60.9 Å². The van der Waals surface area contributed by atoms with Gasteiger partial charge in [-0.2, -0.15) is 0 Å². The van der Waals surface area contributed by atoms with Gasteiger partial charge in [0, 0.05) is 6.54 Å². The molecule has 3 rings (SSSR count). The van der Waals surface area contributed by atoms with Gasteiger partial charge in [-0.05, 0) is 36.2 Å². The molecule has 0 unspecified atom stereocenters. The van der Waals surface area contributed by atoms with Gasteiger partial charge < -0.3 is 11.1 Å². The van der Waals surface area contributed by atoms with Crippen LogP contribution >= 0.6 is 0 Å². The molecule has 1 aromatic heterocycles. The Bertz CT molecular complexity index is 775. The molecule has 0 aliphatic carbocycles. The fourth-order valence-corrected chi connectivity index (χ4v) is 2.27. The summed E-state index contributed by atoms with van der Waals surface area (Å²) in [6.07, 6.45) is 0.872. The average molecular weight is 279 g/mol. The minimum atomic E-state index is 0.494. The first kappa shape index (κ1) is 13.2. The zero-order valence-corrected chi connectivity index (χ0v) is 11.7. The van der Waals surface area contributed by atoms with Crippen molar-refractivity contribution in [3.63, 3.8) is 0 Å². The average Bonchev–Trinajstić information content (AvgIpc) is 2.91. The van der Waals surface area contributed by atoms with Gasteiger partial charge in [-0.25, -0.2) is 4.68 Å². The maximum absolute atomic E-state index is 5.50. The van der Waals surface area contributed by atoms with Gasteiger partial charge in [0.2, 0.25) is 0 Å². The number of nitrogens with two attached hydrogens (primary N) is 1. The third-order valence-electron chi connectivity index (χ3n) is 3.27. The smallest absolute Gasteiger partial charge is 0.113 e. The molecular weight excluding hydrogens is 262 g/mol. The topological polar surface area (TPSA) is 68.8 Å². The van der Waals surface area contributed by atoms with Gasteiger partial charge in [-0.15, -0.1) is 5.10 Å². The Labute approximate surface area is 123 Å². The predicted octanol–water partition coefficient (Wildman–Crippen LogP) is 1.98. The van der Waals surface area contributed by atoms with Gasteiger partial charge in [0.1, 0.15) is 5.52 Å². The highest BCUT2D eigenvalue weighted by Gasteiger charge is 2.06. The van der Waals surface area contributed by atoms with Gasteiger partial charge in [0.05, 0.1) is 17.0 Å². The normalized spacial score (nSPS) is 10.7. The molecule has 5 heteroatoms. The molecule has 2 aromatic carbocycles. The number of nitrogens with one attached hydrogen (secondary N) is 1. The van der Waals surface area contributed by atoms with Crippen molar-refractivity contribution in [2.75, 3.05) is 6.54 Å². The third kappa shape index (κ3) is 2.86. The van der Waals surface area contributed by atoms with Crippen molar-refractivity contribution in [2.24, 2.45) is 5.73 Å². The van der Waals surface area contributed by atoms with Crippen LogP contribution in [0.5, 0.6) is 0 Å². The number of fused-ring (bicyclic) bond motifs is 1. The second-order valence-electron chi connectivity index (χ2n) is 4.86. The van der Waals surface area contributed by atoms with E-state index in [2.05, 4.69) is 34.3 Å². The van der Waals surface area contributed by atoms with Crippen molar-refractivity contribution < 1.29 is 0 Å². The van der Waals surface area contributed by atoms with Crippen molar-refractivity contribution in [2.45, 2.75) is 6.42 Å². The van der Waals surface area contributed by atoms with Crippen molar-refractivity contribution in [1.29, 1.82) is 0 Å². The SMILES string of the molecule is C=C(N)NCCc1cccc(-n2nnc3ccccc32)c1. The van der Waals surface area contributed by atoms with E-state index in [0.29, 0.717) is 5.82 Å². The first-order chi connectivity index (χ1) is 10.2. The highest BCUT2D eigenvalue weighted by molar-refractivity contribution is 5.75. The van der Waals surface area contributed by atoms with Crippen LogP contribution in [0.4, 0.5) is 0 Å². The highest BCUT2D eigenvalue weighted by Crippen LogP contribution is 2.17. The largest absolute Gasteiger partial charge is 0.386 e. The van der Waals surface area contributed by atoms with Crippen molar-refractivity contribution >= 4 is 11.0 Å². The number of rotatable bonds is 5.